The number of ether oxygens (including phenoxy) is 1. The van der Waals surface area contributed by atoms with Gasteiger partial charge in [-0.25, -0.2) is 4.98 Å². The van der Waals surface area contributed by atoms with Gasteiger partial charge in [0.05, 0.1) is 17.6 Å². The molecule has 1 aliphatic heterocycles. The number of carbonyl (C=O) groups is 1. The lowest BCUT2D eigenvalue weighted by Crippen LogP contribution is -2.23. The fourth-order valence-corrected chi connectivity index (χ4v) is 3.47. The Balaban J connectivity index is 1.27. The Morgan fingerprint density at radius 3 is 3.11 bits per heavy atom. The highest BCUT2D eigenvalue weighted by Gasteiger charge is 2.11. The van der Waals surface area contributed by atoms with Gasteiger partial charge in [-0.1, -0.05) is 18.2 Å². The van der Waals surface area contributed by atoms with Gasteiger partial charge < -0.3 is 14.6 Å². The molecule has 0 saturated heterocycles. The number of para-hydroxylation sites is 2. The molecule has 0 bridgehead atoms. The van der Waals surface area contributed by atoms with Crippen LogP contribution in [0.15, 0.2) is 48.5 Å². The van der Waals surface area contributed by atoms with Crippen LogP contribution in [0.2, 0.25) is 0 Å². The van der Waals surface area contributed by atoms with E-state index in [0.29, 0.717) is 6.54 Å². The molecule has 2 heterocycles. The van der Waals surface area contributed by atoms with Gasteiger partial charge in [-0.15, -0.1) is 0 Å². The summed E-state index contributed by atoms with van der Waals surface area (Å²) in [6, 6.07) is 14.2. The smallest absolute Gasteiger partial charge is 0.244 e. The van der Waals surface area contributed by atoms with Crippen LogP contribution in [0.25, 0.3) is 17.1 Å². The molecule has 0 atom stereocenters. The summed E-state index contributed by atoms with van der Waals surface area (Å²) in [5.74, 6) is 1.89. The summed E-state index contributed by atoms with van der Waals surface area (Å²) in [6.45, 7) is 4.23. The fourth-order valence-electron chi connectivity index (χ4n) is 3.47. The second kappa shape index (κ2) is 7.66. The van der Waals surface area contributed by atoms with E-state index in [1.807, 2.05) is 43.3 Å². The minimum atomic E-state index is -0.0704. The van der Waals surface area contributed by atoms with E-state index in [-0.39, 0.29) is 5.91 Å². The summed E-state index contributed by atoms with van der Waals surface area (Å²) in [5, 5.41) is 2.95. The van der Waals surface area contributed by atoms with Gasteiger partial charge in [0.2, 0.25) is 5.91 Å². The molecule has 27 heavy (non-hydrogen) atoms. The number of nitrogens with zero attached hydrogens (tertiary/aromatic N) is 2. The normalized spacial score (nSPS) is 13.1. The molecule has 0 fully saturated rings. The molecule has 0 spiro atoms. The maximum Gasteiger partial charge on any atom is 0.244 e. The molecule has 0 saturated carbocycles. The Hall–Kier alpha value is -3.08. The number of imidazole rings is 1. The first-order chi connectivity index (χ1) is 13.2. The molecule has 0 unspecified atom stereocenters. The maximum atomic E-state index is 12.0. The summed E-state index contributed by atoms with van der Waals surface area (Å²) in [4.78, 5) is 16.6. The quantitative estimate of drug-likeness (QED) is 0.540. The highest BCUT2D eigenvalue weighted by atomic mass is 16.5. The third-order valence-corrected chi connectivity index (χ3v) is 4.84. The van der Waals surface area contributed by atoms with Crippen molar-refractivity contribution in [3.05, 3.63) is 65.5 Å². The number of carbonyl (C=O) groups excluding carboxylic acids is 1. The molecule has 1 N–H and O–H groups in total. The number of hydrogen-bond acceptors (Lipinski definition) is 3. The van der Waals surface area contributed by atoms with Crippen LogP contribution in [0.4, 0.5) is 0 Å². The number of benzene rings is 2. The van der Waals surface area contributed by atoms with Crippen molar-refractivity contribution in [3.63, 3.8) is 0 Å². The molecule has 4 rings (SSSR count). The van der Waals surface area contributed by atoms with Crippen molar-refractivity contribution < 1.29 is 9.53 Å². The standard InChI is InChI=1S/C22H23N3O2/c1-16-24-19-5-2-3-6-20(19)25(16)13-4-12-23-22(26)10-8-17-7-9-21-18(15-17)11-14-27-21/h2-3,5-10,15H,4,11-14H2,1H3,(H,23,26)/b10-8+. The monoisotopic (exact) mass is 361 g/mol. The van der Waals surface area contributed by atoms with Gasteiger partial charge in [0.25, 0.3) is 0 Å². The zero-order chi connectivity index (χ0) is 18.6. The lowest BCUT2D eigenvalue weighted by atomic mass is 10.1. The number of hydrogen-bond donors (Lipinski definition) is 1. The number of fused-ring (bicyclic) bond motifs is 2. The average Bonchev–Trinajstić information content (AvgIpc) is 3.27. The minimum Gasteiger partial charge on any atom is -0.493 e. The number of rotatable bonds is 6. The van der Waals surface area contributed by atoms with E-state index >= 15 is 0 Å². The maximum absolute atomic E-state index is 12.0. The van der Waals surface area contributed by atoms with E-state index in [1.54, 1.807) is 6.08 Å². The van der Waals surface area contributed by atoms with Crippen molar-refractivity contribution in [3.8, 4) is 5.75 Å². The Labute approximate surface area is 158 Å². The number of amides is 1. The molecule has 5 nitrogen and oxygen atoms in total. The summed E-state index contributed by atoms with van der Waals surface area (Å²) < 4.78 is 7.70. The van der Waals surface area contributed by atoms with Crippen molar-refractivity contribution in [1.82, 2.24) is 14.9 Å². The van der Waals surface area contributed by atoms with Crippen LogP contribution in [0.5, 0.6) is 5.75 Å². The van der Waals surface area contributed by atoms with Crippen LogP contribution < -0.4 is 10.1 Å². The molecule has 1 aromatic heterocycles. The van der Waals surface area contributed by atoms with Crippen molar-refractivity contribution in [2.24, 2.45) is 0 Å². The third kappa shape index (κ3) is 3.87. The molecule has 138 valence electrons. The highest BCUT2D eigenvalue weighted by Crippen LogP contribution is 2.26. The van der Waals surface area contributed by atoms with Crippen LogP contribution in [-0.2, 0) is 17.8 Å². The lowest BCUT2D eigenvalue weighted by molar-refractivity contribution is -0.116. The van der Waals surface area contributed by atoms with Gasteiger partial charge in [-0.2, -0.15) is 0 Å². The van der Waals surface area contributed by atoms with Gasteiger partial charge in [0, 0.05) is 25.6 Å². The Morgan fingerprint density at radius 1 is 1.30 bits per heavy atom. The van der Waals surface area contributed by atoms with Gasteiger partial charge in [-0.05, 0) is 54.8 Å². The number of nitrogens with one attached hydrogen (secondary N) is 1. The van der Waals surface area contributed by atoms with Crippen LogP contribution in [0.3, 0.4) is 0 Å². The zero-order valence-electron chi connectivity index (χ0n) is 15.4. The van der Waals surface area contributed by atoms with Crippen molar-refractivity contribution in [2.45, 2.75) is 26.3 Å². The second-order valence-electron chi connectivity index (χ2n) is 6.74. The Bertz CT molecular complexity index is 1000. The van der Waals surface area contributed by atoms with E-state index in [4.69, 9.17) is 4.74 Å². The predicted octanol–water partition coefficient (Wildman–Crippen LogP) is 3.50. The minimum absolute atomic E-state index is 0.0704. The molecular weight excluding hydrogens is 338 g/mol. The van der Waals surface area contributed by atoms with Crippen molar-refractivity contribution in [1.29, 1.82) is 0 Å². The molecule has 1 amide bonds. The summed E-state index contributed by atoms with van der Waals surface area (Å²) in [7, 11) is 0. The van der Waals surface area contributed by atoms with Crippen molar-refractivity contribution in [2.75, 3.05) is 13.2 Å². The summed E-state index contributed by atoms with van der Waals surface area (Å²) in [5.41, 5.74) is 4.39. The van der Waals surface area contributed by atoms with E-state index in [0.717, 1.165) is 54.2 Å². The molecule has 1 aliphatic rings. The summed E-state index contributed by atoms with van der Waals surface area (Å²) >= 11 is 0. The first-order valence-corrected chi connectivity index (χ1v) is 9.34. The molecule has 0 radical (unpaired) electrons. The Kier molecular flexibility index (Phi) is 4.92. The molecule has 0 aliphatic carbocycles. The van der Waals surface area contributed by atoms with E-state index in [9.17, 15) is 4.79 Å². The van der Waals surface area contributed by atoms with E-state index in [1.165, 1.54) is 5.56 Å². The van der Waals surface area contributed by atoms with Gasteiger partial charge in [0.15, 0.2) is 0 Å². The number of aromatic nitrogens is 2. The first-order valence-electron chi connectivity index (χ1n) is 9.34. The lowest BCUT2D eigenvalue weighted by Gasteiger charge is -2.07. The molecule has 3 aromatic rings. The first kappa shape index (κ1) is 17.3. The third-order valence-electron chi connectivity index (χ3n) is 4.84. The highest BCUT2D eigenvalue weighted by molar-refractivity contribution is 5.91. The topological polar surface area (TPSA) is 56.2 Å². The molecule has 2 aromatic carbocycles. The van der Waals surface area contributed by atoms with Crippen molar-refractivity contribution >= 4 is 23.0 Å². The van der Waals surface area contributed by atoms with Crippen LogP contribution >= 0.6 is 0 Å². The van der Waals surface area contributed by atoms with Crippen LogP contribution in [0, 0.1) is 6.92 Å². The van der Waals surface area contributed by atoms with E-state index < -0.39 is 0 Å². The molecular formula is C22H23N3O2. The largest absolute Gasteiger partial charge is 0.493 e. The van der Waals surface area contributed by atoms with Gasteiger partial charge in [0.1, 0.15) is 11.6 Å². The van der Waals surface area contributed by atoms with E-state index in [2.05, 4.69) is 27.0 Å². The average molecular weight is 361 g/mol. The summed E-state index contributed by atoms with van der Waals surface area (Å²) in [6.07, 6.45) is 5.24. The predicted molar refractivity (Wildman–Crippen MR) is 107 cm³/mol. The second-order valence-corrected chi connectivity index (χ2v) is 6.74. The van der Waals surface area contributed by atoms with Crippen LogP contribution in [-0.4, -0.2) is 28.6 Å². The number of aryl methyl sites for hydroxylation is 2. The SMILES string of the molecule is Cc1nc2ccccc2n1CCCNC(=O)/C=C/c1ccc2c(c1)CCO2. The van der Waals surface area contributed by atoms with Gasteiger partial charge >= 0.3 is 0 Å². The van der Waals surface area contributed by atoms with Crippen LogP contribution in [0.1, 0.15) is 23.4 Å². The molecule has 5 heteroatoms. The zero-order valence-corrected chi connectivity index (χ0v) is 15.4. The van der Waals surface area contributed by atoms with Gasteiger partial charge in [-0.3, -0.25) is 4.79 Å². The Morgan fingerprint density at radius 2 is 2.19 bits per heavy atom. The fraction of sp³-hybridized carbons (Fsp3) is 0.273.